The summed E-state index contributed by atoms with van der Waals surface area (Å²) in [6.45, 7) is 3.96. The zero-order valence-electron chi connectivity index (χ0n) is 15.9. The molecule has 2 aromatic carbocycles. The number of nitrogens with one attached hydrogen (secondary N) is 1. The van der Waals surface area contributed by atoms with Crippen molar-refractivity contribution in [2.75, 3.05) is 5.32 Å². The Kier molecular flexibility index (Phi) is 5.68. The molecule has 0 aliphatic heterocycles. The summed E-state index contributed by atoms with van der Waals surface area (Å²) < 4.78 is 2.63. The molecule has 7 nitrogen and oxygen atoms in total. The van der Waals surface area contributed by atoms with Crippen LogP contribution in [0.4, 0.5) is 5.69 Å². The zero-order chi connectivity index (χ0) is 20.2. The van der Waals surface area contributed by atoms with Gasteiger partial charge in [-0.05, 0) is 59.7 Å². The van der Waals surface area contributed by atoms with E-state index in [9.17, 15) is 4.79 Å². The highest BCUT2D eigenvalue weighted by Gasteiger charge is 2.09. The first kappa shape index (κ1) is 19.3. The van der Waals surface area contributed by atoms with Crippen molar-refractivity contribution in [2.45, 2.75) is 23.9 Å². The van der Waals surface area contributed by atoms with E-state index >= 15 is 0 Å². The summed E-state index contributed by atoms with van der Waals surface area (Å²) in [6, 6.07) is 13.3. The lowest BCUT2D eigenvalue weighted by Crippen LogP contribution is -2.12. The van der Waals surface area contributed by atoms with Crippen LogP contribution in [0.3, 0.4) is 0 Å². The molecular formula is C20H18N6OS2. The Morgan fingerprint density at radius 3 is 2.69 bits per heavy atom. The molecule has 146 valence electrons. The number of amides is 1. The molecule has 29 heavy (non-hydrogen) atoms. The van der Waals surface area contributed by atoms with Crippen molar-refractivity contribution in [2.24, 2.45) is 0 Å². The van der Waals surface area contributed by atoms with Gasteiger partial charge in [0.2, 0.25) is 0 Å². The van der Waals surface area contributed by atoms with Gasteiger partial charge in [-0.15, -0.1) is 16.4 Å². The second kappa shape index (κ2) is 8.54. The second-order valence-corrected chi connectivity index (χ2v) is 8.53. The minimum Gasteiger partial charge on any atom is -0.322 e. The van der Waals surface area contributed by atoms with E-state index in [0.717, 1.165) is 32.6 Å². The van der Waals surface area contributed by atoms with Crippen molar-refractivity contribution in [1.29, 1.82) is 0 Å². The normalized spacial score (nSPS) is 10.8. The summed E-state index contributed by atoms with van der Waals surface area (Å²) >= 11 is 3.35. The Balaban J connectivity index is 1.41. The lowest BCUT2D eigenvalue weighted by molar-refractivity contribution is 0.102. The van der Waals surface area contributed by atoms with Crippen LogP contribution in [0.2, 0.25) is 0 Å². The van der Waals surface area contributed by atoms with Crippen molar-refractivity contribution < 1.29 is 4.79 Å². The van der Waals surface area contributed by atoms with Crippen molar-refractivity contribution in [1.82, 2.24) is 25.2 Å². The molecule has 0 saturated heterocycles. The summed E-state index contributed by atoms with van der Waals surface area (Å²) in [6.07, 6.45) is 1.53. The average Bonchev–Trinajstić information content (AvgIpc) is 3.40. The number of rotatable bonds is 6. The third kappa shape index (κ3) is 4.69. The maximum atomic E-state index is 12.6. The average molecular weight is 423 g/mol. The number of tetrazole rings is 1. The molecule has 2 heterocycles. The van der Waals surface area contributed by atoms with Crippen molar-refractivity contribution in [3.8, 4) is 5.69 Å². The molecule has 0 atom stereocenters. The van der Waals surface area contributed by atoms with Gasteiger partial charge < -0.3 is 5.32 Å². The highest BCUT2D eigenvalue weighted by atomic mass is 32.2. The fraction of sp³-hybridized carbons (Fsp3) is 0.150. The lowest BCUT2D eigenvalue weighted by Gasteiger charge is -2.10. The van der Waals surface area contributed by atoms with Gasteiger partial charge >= 0.3 is 0 Å². The summed E-state index contributed by atoms with van der Waals surface area (Å²) in [7, 11) is 0. The molecule has 0 unspecified atom stereocenters. The number of nitrogens with zero attached hydrogens (tertiary/aromatic N) is 5. The van der Waals surface area contributed by atoms with Crippen LogP contribution in [-0.2, 0) is 5.75 Å². The molecular weight excluding hydrogens is 404 g/mol. The van der Waals surface area contributed by atoms with Crippen LogP contribution in [0.1, 0.15) is 27.2 Å². The van der Waals surface area contributed by atoms with Gasteiger partial charge in [0.15, 0.2) is 0 Å². The van der Waals surface area contributed by atoms with E-state index < -0.39 is 0 Å². The summed E-state index contributed by atoms with van der Waals surface area (Å²) in [5, 5.41) is 16.2. The van der Waals surface area contributed by atoms with Crippen LogP contribution in [0.5, 0.6) is 0 Å². The first-order valence-corrected chi connectivity index (χ1v) is 10.7. The molecule has 1 amide bonds. The summed E-state index contributed by atoms with van der Waals surface area (Å²) in [5.41, 5.74) is 5.31. The Bertz CT molecular complexity index is 1120. The largest absolute Gasteiger partial charge is 0.322 e. The standard InChI is InChI=1S/C20H18N6OS2/c1-13-3-8-17(9-18(13)26-12-21-24-25-26)23-19(27)16-6-4-15(5-7-16)11-29-20-22-14(2)10-28-20/h3-10,12H,11H2,1-2H3,(H,23,27). The summed E-state index contributed by atoms with van der Waals surface area (Å²) in [4.78, 5) is 17.1. The summed E-state index contributed by atoms with van der Waals surface area (Å²) in [5.74, 6) is 0.661. The molecule has 0 aliphatic carbocycles. The molecule has 0 radical (unpaired) electrons. The Morgan fingerprint density at radius 1 is 1.17 bits per heavy atom. The molecule has 0 bridgehead atoms. The van der Waals surface area contributed by atoms with Crippen LogP contribution >= 0.6 is 23.1 Å². The second-order valence-electron chi connectivity index (χ2n) is 6.45. The van der Waals surface area contributed by atoms with Crippen LogP contribution in [0.15, 0.2) is 58.5 Å². The van der Waals surface area contributed by atoms with Crippen LogP contribution in [0, 0.1) is 13.8 Å². The SMILES string of the molecule is Cc1csc(SCc2ccc(C(=O)Nc3ccc(C)c(-n4cnnn4)c3)cc2)n1. The number of anilines is 1. The van der Waals surface area contributed by atoms with E-state index in [0.29, 0.717) is 11.3 Å². The van der Waals surface area contributed by atoms with E-state index in [1.807, 2.05) is 61.7 Å². The fourth-order valence-electron chi connectivity index (χ4n) is 2.71. The van der Waals surface area contributed by atoms with Gasteiger partial charge in [-0.3, -0.25) is 4.79 Å². The molecule has 0 spiro atoms. The lowest BCUT2D eigenvalue weighted by atomic mass is 10.1. The van der Waals surface area contributed by atoms with E-state index in [1.54, 1.807) is 27.8 Å². The highest BCUT2D eigenvalue weighted by molar-refractivity contribution is 8.00. The minimum absolute atomic E-state index is 0.161. The van der Waals surface area contributed by atoms with Gasteiger partial charge in [-0.25, -0.2) is 9.67 Å². The number of thioether (sulfide) groups is 1. The fourth-order valence-corrected chi connectivity index (χ4v) is 4.51. The van der Waals surface area contributed by atoms with Crippen molar-refractivity contribution >= 4 is 34.7 Å². The maximum absolute atomic E-state index is 12.6. The number of carbonyl (C=O) groups excluding carboxylic acids is 1. The zero-order valence-corrected chi connectivity index (χ0v) is 17.5. The Hall–Kier alpha value is -3.04. The predicted molar refractivity (Wildman–Crippen MR) is 115 cm³/mol. The van der Waals surface area contributed by atoms with Crippen LogP contribution in [0.25, 0.3) is 5.69 Å². The quantitative estimate of drug-likeness (QED) is 0.467. The minimum atomic E-state index is -0.161. The number of aromatic nitrogens is 5. The van der Waals surface area contributed by atoms with Gasteiger partial charge in [0.05, 0.1) is 5.69 Å². The molecule has 2 aromatic heterocycles. The highest BCUT2D eigenvalue weighted by Crippen LogP contribution is 2.26. The molecule has 0 aliphatic rings. The van der Waals surface area contributed by atoms with E-state index in [2.05, 4.69) is 25.8 Å². The number of benzene rings is 2. The maximum Gasteiger partial charge on any atom is 0.255 e. The molecule has 9 heteroatoms. The first-order chi connectivity index (χ1) is 14.1. The third-order valence-electron chi connectivity index (χ3n) is 4.24. The van der Waals surface area contributed by atoms with Crippen LogP contribution in [-0.4, -0.2) is 31.1 Å². The number of hydrogen-bond acceptors (Lipinski definition) is 7. The van der Waals surface area contributed by atoms with Crippen molar-refractivity contribution in [3.63, 3.8) is 0 Å². The number of thiazole rings is 1. The Morgan fingerprint density at radius 2 is 2.00 bits per heavy atom. The van der Waals surface area contributed by atoms with Gasteiger partial charge in [0.25, 0.3) is 5.91 Å². The van der Waals surface area contributed by atoms with Gasteiger partial charge in [-0.1, -0.05) is 30.0 Å². The van der Waals surface area contributed by atoms with Crippen molar-refractivity contribution in [3.05, 3.63) is 76.6 Å². The van der Waals surface area contributed by atoms with E-state index in [-0.39, 0.29) is 5.91 Å². The van der Waals surface area contributed by atoms with Gasteiger partial charge in [0.1, 0.15) is 10.7 Å². The number of carbonyl (C=O) groups is 1. The van der Waals surface area contributed by atoms with Gasteiger partial charge in [-0.2, -0.15) is 0 Å². The topological polar surface area (TPSA) is 85.6 Å². The smallest absolute Gasteiger partial charge is 0.255 e. The Labute approximate surface area is 176 Å². The number of aryl methyl sites for hydroxylation is 2. The third-order valence-corrected chi connectivity index (χ3v) is 6.45. The number of hydrogen-bond donors (Lipinski definition) is 1. The predicted octanol–water partition coefficient (Wildman–Crippen LogP) is 4.28. The van der Waals surface area contributed by atoms with Crippen LogP contribution < -0.4 is 5.32 Å². The molecule has 4 aromatic rings. The molecule has 0 saturated carbocycles. The van der Waals surface area contributed by atoms with E-state index in [1.165, 1.54) is 6.33 Å². The van der Waals surface area contributed by atoms with E-state index in [4.69, 9.17) is 0 Å². The monoisotopic (exact) mass is 422 g/mol. The molecule has 0 fully saturated rings. The first-order valence-electron chi connectivity index (χ1n) is 8.88. The molecule has 1 N–H and O–H groups in total. The molecule has 4 rings (SSSR count). The van der Waals surface area contributed by atoms with Gasteiger partial charge in [0, 0.05) is 28.1 Å².